The van der Waals surface area contributed by atoms with E-state index in [4.69, 9.17) is 5.73 Å². The molecule has 0 unspecified atom stereocenters. The van der Waals surface area contributed by atoms with Crippen LogP contribution < -0.4 is 11.1 Å². The van der Waals surface area contributed by atoms with Gasteiger partial charge in [-0.15, -0.1) is 0 Å². The Morgan fingerprint density at radius 1 is 1.33 bits per heavy atom. The molecule has 0 fully saturated rings. The molecule has 5 heteroatoms. The van der Waals surface area contributed by atoms with Crippen LogP contribution >= 0.6 is 0 Å². The molecule has 1 rings (SSSR count). The lowest BCUT2D eigenvalue weighted by atomic mass is 9.87. The van der Waals surface area contributed by atoms with E-state index in [1.165, 1.54) is 13.0 Å². The molecule has 1 aromatic carbocycles. The maximum absolute atomic E-state index is 13.7. The lowest BCUT2D eigenvalue weighted by molar-refractivity contribution is -0.119. The Bertz CT molecular complexity index is 467. The van der Waals surface area contributed by atoms with Crippen molar-refractivity contribution in [3.8, 4) is 0 Å². The van der Waals surface area contributed by atoms with Crippen molar-refractivity contribution in [2.24, 2.45) is 11.1 Å². The predicted molar refractivity (Wildman–Crippen MR) is 67.2 cm³/mol. The molecule has 0 spiro atoms. The lowest BCUT2D eigenvalue weighted by Gasteiger charge is -2.26. The number of hydrogen-bond donors (Lipinski definition) is 2. The molecule has 0 aliphatic heterocycles. The highest BCUT2D eigenvalue weighted by atomic mass is 19.1. The van der Waals surface area contributed by atoms with Crippen LogP contribution in [-0.2, 0) is 4.79 Å². The molecule has 0 bridgehead atoms. The van der Waals surface area contributed by atoms with Crippen molar-refractivity contribution in [1.29, 1.82) is 0 Å². The second-order valence-corrected chi connectivity index (χ2v) is 5.39. The fourth-order valence-electron chi connectivity index (χ4n) is 1.37. The summed E-state index contributed by atoms with van der Waals surface area (Å²) in [6.07, 6.45) is 0. The molecule has 1 atom stereocenters. The fourth-order valence-corrected chi connectivity index (χ4v) is 1.37. The lowest BCUT2D eigenvalue weighted by Crippen LogP contribution is -2.45. The van der Waals surface area contributed by atoms with Crippen LogP contribution in [-0.4, -0.2) is 11.9 Å². The van der Waals surface area contributed by atoms with Crippen LogP contribution in [0.25, 0.3) is 0 Å². The number of hydrogen-bond acceptors (Lipinski definition) is 2. The van der Waals surface area contributed by atoms with E-state index in [1.54, 1.807) is 20.8 Å². The molecule has 0 heterocycles. The number of nitrogens with one attached hydrogen (secondary N) is 1. The van der Waals surface area contributed by atoms with Gasteiger partial charge in [0.25, 0.3) is 0 Å². The van der Waals surface area contributed by atoms with E-state index in [0.717, 1.165) is 6.07 Å². The number of aryl methyl sites for hydroxylation is 1. The van der Waals surface area contributed by atoms with Gasteiger partial charge in [-0.2, -0.15) is 0 Å². The van der Waals surface area contributed by atoms with Crippen molar-refractivity contribution in [1.82, 2.24) is 0 Å². The van der Waals surface area contributed by atoms with Crippen LogP contribution in [0.4, 0.5) is 14.5 Å². The van der Waals surface area contributed by atoms with Crippen molar-refractivity contribution in [3.05, 3.63) is 29.3 Å². The smallest absolute Gasteiger partial charge is 0.241 e. The standard InChI is InChI=1S/C13H18F2N2O/c1-7-5-6-8(14)10(9(7)15)17-12(18)11(16)13(2,3)4/h5-6,11H,16H2,1-4H3,(H,17,18)/t11-/m0/s1. The quantitative estimate of drug-likeness (QED) is 0.854. The average Bonchev–Trinajstić information content (AvgIpc) is 2.27. The molecule has 1 amide bonds. The molecule has 0 radical (unpaired) electrons. The van der Waals surface area contributed by atoms with E-state index in [9.17, 15) is 13.6 Å². The SMILES string of the molecule is Cc1ccc(F)c(NC(=O)[C@H](N)C(C)(C)C)c1F. The Labute approximate surface area is 105 Å². The first-order chi connectivity index (χ1) is 8.14. The number of rotatable bonds is 2. The van der Waals surface area contributed by atoms with Gasteiger partial charge in [-0.1, -0.05) is 26.8 Å². The first-order valence-electron chi connectivity index (χ1n) is 5.65. The molecular formula is C13H18F2N2O. The summed E-state index contributed by atoms with van der Waals surface area (Å²) in [5, 5.41) is 2.21. The number of carbonyl (C=O) groups is 1. The van der Waals surface area contributed by atoms with Crippen LogP contribution in [0, 0.1) is 24.0 Å². The van der Waals surface area contributed by atoms with Gasteiger partial charge < -0.3 is 11.1 Å². The molecule has 0 saturated heterocycles. The molecule has 18 heavy (non-hydrogen) atoms. The Balaban J connectivity index is 2.99. The van der Waals surface area contributed by atoms with E-state index in [1.807, 2.05) is 0 Å². The first-order valence-corrected chi connectivity index (χ1v) is 5.65. The van der Waals surface area contributed by atoms with E-state index >= 15 is 0 Å². The van der Waals surface area contributed by atoms with Gasteiger partial charge in [-0.3, -0.25) is 4.79 Å². The van der Waals surface area contributed by atoms with E-state index in [2.05, 4.69) is 5.32 Å². The maximum Gasteiger partial charge on any atom is 0.241 e. The maximum atomic E-state index is 13.7. The number of benzene rings is 1. The Morgan fingerprint density at radius 3 is 2.39 bits per heavy atom. The zero-order chi connectivity index (χ0) is 14.1. The van der Waals surface area contributed by atoms with Crippen molar-refractivity contribution in [2.45, 2.75) is 33.7 Å². The largest absolute Gasteiger partial charge is 0.320 e. The number of nitrogens with two attached hydrogens (primary N) is 1. The summed E-state index contributed by atoms with van der Waals surface area (Å²) in [6, 6.07) is 1.57. The number of amides is 1. The molecule has 1 aromatic rings. The van der Waals surface area contributed by atoms with Crippen LogP contribution in [0.1, 0.15) is 26.3 Å². The summed E-state index contributed by atoms with van der Waals surface area (Å²) in [6.45, 7) is 6.83. The molecule has 100 valence electrons. The highest BCUT2D eigenvalue weighted by Crippen LogP contribution is 2.24. The van der Waals surface area contributed by atoms with Gasteiger partial charge in [-0.05, 0) is 24.0 Å². The van der Waals surface area contributed by atoms with Crippen LogP contribution in [0.15, 0.2) is 12.1 Å². The van der Waals surface area contributed by atoms with Gasteiger partial charge in [0.1, 0.15) is 11.5 Å². The monoisotopic (exact) mass is 256 g/mol. The molecule has 0 saturated carbocycles. The molecule has 3 N–H and O–H groups in total. The highest BCUT2D eigenvalue weighted by Gasteiger charge is 2.28. The Hall–Kier alpha value is -1.49. The normalized spacial score (nSPS) is 13.3. The van der Waals surface area contributed by atoms with Crippen molar-refractivity contribution >= 4 is 11.6 Å². The molecule has 3 nitrogen and oxygen atoms in total. The van der Waals surface area contributed by atoms with Gasteiger partial charge in [0, 0.05) is 0 Å². The third-order valence-corrected chi connectivity index (χ3v) is 2.75. The zero-order valence-electron chi connectivity index (χ0n) is 11.0. The summed E-state index contributed by atoms with van der Waals surface area (Å²) in [5.41, 5.74) is 5.05. The van der Waals surface area contributed by atoms with Crippen LogP contribution in [0.5, 0.6) is 0 Å². The summed E-state index contributed by atoms with van der Waals surface area (Å²) >= 11 is 0. The van der Waals surface area contributed by atoms with Crippen LogP contribution in [0.2, 0.25) is 0 Å². The Morgan fingerprint density at radius 2 is 1.89 bits per heavy atom. The minimum absolute atomic E-state index is 0.260. The molecular weight excluding hydrogens is 238 g/mol. The van der Waals surface area contributed by atoms with Crippen molar-refractivity contribution < 1.29 is 13.6 Å². The van der Waals surface area contributed by atoms with Gasteiger partial charge in [0.05, 0.1) is 6.04 Å². The fraction of sp³-hybridized carbons (Fsp3) is 0.462. The second kappa shape index (κ2) is 5.02. The zero-order valence-corrected chi connectivity index (χ0v) is 11.0. The predicted octanol–water partition coefficient (Wildman–Crippen LogP) is 2.59. The van der Waals surface area contributed by atoms with Crippen LogP contribution in [0.3, 0.4) is 0 Å². The first kappa shape index (κ1) is 14.6. The second-order valence-electron chi connectivity index (χ2n) is 5.39. The summed E-state index contributed by atoms with van der Waals surface area (Å²) in [7, 11) is 0. The molecule has 0 aromatic heterocycles. The van der Waals surface area contributed by atoms with Crippen molar-refractivity contribution in [2.75, 3.05) is 5.32 Å². The minimum Gasteiger partial charge on any atom is -0.320 e. The van der Waals surface area contributed by atoms with Gasteiger partial charge in [0.15, 0.2) is 5.82 Å². The molecule has 0 aliphatic carbocycles. The summed E-state index contributed by atoms with van der Waals surface area (Å²) in [5.74, 6) is -2.19. The Kier molecular flexibility index (Phi) is 4.06. The van der Waals surface area contributed by atoms with Gasteiger partial charge in [-0.25, -0.2) is 8.78 Å². The third kappa shape index (κ3) is 3.04. The summed E-state index contributed by atoms with van der Waals surface area (Å²) in [4.78, 5) is 11.8. The van der Waals surface area contributed by atoms with E-state index in [-0.39, 0.29) is 5.56 Å². The third-order valence-electron chi connectivity index (χ3n) is 2.75. The van der Waals surface area contributed by atoms with Crippen molar-refractivity contribution in [3.63, 3.8) is 0 Å². The number of carbonyl (C=O) groups excluding carboxylic acids is 1. The topological polar surface area (TPSA) is 55.1 Å². The minimum atomic E-state index is -0.850. The summed E-state index contributed by atoms with van der Waals surface area (Å²) < 4.78 is 27.1. The van der Waals surface area contributed by atoms with E-state index in [0.29, 0.717) is 0 Å². The number of halogens is 2. The highest BCUT2D eigenvalue weighted by molar-refractivity contribution is 5.95. The van der Waals surface area contributed by atoms with Gasteiger partial charge >= 0.3 is 0 Å². The van der Waals surface area contributed by atoms with Gasteiger partial charge in [0.2, 0.25) is 5.91 Å². The molecule has 0 aliphatic rings. The number of anilines is 1. The average molecular weight is 256 g/mol. The van der Waals surface area contributed by atoms with E-state index < -0.39 is 34.7 Å².